The zero-order chi connectivity index (χ0) is 17.5. The standard InChI is InChI=1S/C19H22ClN3O2.ClH/c20-17-6-1-2-7-18(17)25-15-19(24)23-13-11-22(12-14-23)10-8-16-5-3-4-9-21-16;/h1-7,9H,8,10-15H2;1H. The van der Waals surface area contributed by atoms with Crippen molar-refractivity contribution >= 4 is 29.9 Å². The number of piperazine rings is 1. The summed E-state index contributed by atoms with van der Waals surface area (Å²) in [6, 6.07) is 13.2. The second-order valence-corrected chi connectivity index (χ2v) is 6.42. The summed E-state index contributed by atoms with van der Waals surface area (Å²) in [5.41, 5.74) is 1.11. The second kappa shape index (κ2) is 10.4. The summed E-state index contributed by atoms with van der Waals surface area (Å²) >= 11 is 6.04. The van der Waals surface area contributed by atoms with Gasteiger partial charge in [0.1, 0.15) is 5.75 Å². The van der Waals surface area contributed by atoms with Crippen LogP contribution in [0.5, 0.6) is 5.75 Å². The molecule has 0 unspecified atom stereocenters. The van der Waals surface area contributed by atoms with Gasteiger partial charge in [-0.25, -0.2) is 0 Å². The molecule has 7 heteroatoms. The van der Waals surface area contributed by atoms with Crippen LogP contribution in [0.1, 0.15) is 5.69 Å². The Morgan fingerprint density at radius 2 is 1.81 bits per heavy atom. The van der Waals surface area contributed by atoms with Gasteiger partial charge in [-0.2, -0.15) is 0 Å². The van der Waals surface area contributed by atoms with E-state index in [0.29, 0.717) is 10.8 Å². The van der Waals surface area contributed by atoms with Crippen molar-refractivity contribution in [3.63, 3.8) is 0 Å². The Morgan fingerprint density at radius 1 is 1.08 bits per heavy atom. The summed E-state index contributed by atoms with van der Waals surface area (Å²) in [5.74, 6) is 0.552. The lowest BCUT2D eigenvalue weighted by molar-refractivity contribution is -0.135. The average Bonchev–Trinajstić information content (AvgIpc) is 2.67. The van der Waals surface area contributed by atoms with Gasteiger partial charge in [-0.05, 0) is 24.3 Å². The third-order valence-electron chi connectivity index (χ3n) is 4.32. The molecule has 1 aromatic heterocycles. The van der Waals surface area contributed by atoms with Crippen molar-refractivity contribution in [2.24, 2.45) is 0 Å². The highest BCUT2D eigenvalue weighted by Gasteiger charge is 2.21. The number of halogens is 2. The predicted molar refractivity (Wildman–Crippen MR) is 105 cm³/mol. The van der Waals surface area contributed by atoms with E-state index in [4.69, 9.17) is 16.3 Å². The summed E-state index contributed by atoms with van der Waals surface area (Å²) in [4.78, 5) is 20.9. The van der Waals surface area contributed by atoms with E-state index in [0.717, 1.165) is 44.8 Å². The first-order valence-electron chi connectivity index (χ1n) is 8.50. The molecule has 1 fully saturated rings. The maximum absolute atomic E-state index is 12.3. The second-order valence-electron chi connectivity index (χ2n) is 6.01. The molecular weight excluding hydrogens is 373 g/mol. The van der Waals surface area contributed by atoms with Crippen molar-refractivity contribution in [1.29, 1.82) is 0 Å². The average molecular weight is 396 g/mol. The minimum Gasteiger partial charge on any atom is -0.482 e. The SMILES string of the molecule is Cl.O=C(COc1ccccc1Cl)N1CCN(CCc2ccccn2)CC1. The number of hydrogen-bond acceptors (Lipinski definition) is 4. The Labute approximate surface area is 165 Å². The lowest BCUT2D eigenvalue weighted by Gasteiger charge is -2.34. The minimum absolute atomic E-state index is 0. The van der Waals surface area contributed by atoms with E-state index >= 15 is 0 Å². The summed E-state index contributed by atoms with van der Waals surface area (Å²) < 4.78 is 5.54. The molecule has 1 saturated heterocycles. The maximum atomic E-state index is 12.3. The van der Waals surface area contributed by atoms with Gasteiger partial charge in [0.25, 0.3) is 5.91 Å². The number of carbonyl (C=O) groups excluding carboxylic acids is 1. The normalized spacial score (nSPS) is 14.6. The van der Waals surface area contributed by atoms with Gasteiger partial charge in [-0.3, -0.25) is 14.7 Å². The van der Waals surface area contributed by atoms with Crippen LogP contribution in [0.25, 0.3) is 0 Å². The highest BCUT2D eigenvalue weighted by molar-refractivity contribution is 6.32. The molecule has 1 amide bonds. The molecule has 0 N–H and O–H groups in total. The van der Waals surface area contributed by atoms with Crippen molar-refractivity contribution in [3.05, 3.63) is 59.4 Å². The topological polar surface area (TPSA) is 45.7 Å². The Kier molecular flexibility index (Phi) is 8.16. The lowest BCUT2D eigenvalue weighted by Crippen LogP contribution is -2.50. The summed E-state index contributed by atoms with van der Waals surface area (Å²) in [7, 11) is 0. The zero-order valence-corrected chi connectivity index (χ0v) is 16.1. The minimum atomic E-state index is 0. The fraction of sp³-hybridized carbons (Fsp3) is 0.368. The maximum Gasteiger partial charge on any atom is 0.260 e. The van der Waals surface area contributed by atoms with Gasteiger partial charge in [-0.15, -0.1) is 12.4 Å². The molecule has 26 heavy (non-hydrogen) atoms. The molecule has 2 heterocycles. The van der Waals surface area contributed by atoms with Crippen molar-refractivity contribution in [3.8, 4) is 5.75 Å². The summed E-state index contributed by atoms with van der Waals surface area (Å²) in [6.45, 7) is 4.21. The molecular formula is C19H23Cl2N3O2. The number of carbonyl (C=O) groups is 1. The Bertz CT molecular complexity index is 692. The Balaban J connectivity index is 0.00000243. The number of rotatable bonds is 6. The van der Waals surface area contributed by atoms with Crippen LogP contribution in [0, 0.1) is 0 Å². The van der Waals surface area contributed by atoms with E-state index in [1.165, 1.54) is 0 Å². The molecule has 0 aliphatic carbocycles. The number of hydrogen-bond donors (Lipinski definition) is 0. The van der Waals surface area contributed by atoms with Crippen molar-refractivity contribution in [1.82, 2.24) is 14.8 Å². The van der Waals surface area contributed by atoms with Crippen molar-refractivity contribution in [2.75, 3.05) is 39.3 Å². The first-order valence-corrected chi connectivity index (χ1v) is 8.87. The van der Waals surface area contributed by atoms with Gasteiger partial charge >= 0.3 is 0 Å². The van der Waals surface area contributed by atoms with E-state index in [1.807, 2.05) is 41.4 Å². The van der Waals surface area contributed by atoms with Crippen LogP contribution in [0.15, 0.2) is 48.7 Å². The number of pyridine rings is 1. The van der Waals surface area contributed by atoms with E-state index < -0.39 is 0 Å². The summed E-state index contributed by atoms with van der Waals surface area (Å²) in [5, 5.41) is 0.523. The van der Waals surface area contributed by atoms with Crippen LogP contribution in [-0.2, 0) is 11.2 Å². The largest absolute Gasteiger partial charge is 0.482 e. The number of nitrogens with zero attached hydrogens (tertiary/aromatic N) is 3. The molecule has 5 nitrogen and oxygen atoms in total. The highest BCUT2D eigenvalue weighted by atomic mass is 35.5. The van der Waals surface area contributed by atoms with Crippen LogP contribution in [0.3, 0.4) is 0 Å². The van der Waals surface area contributed by atoms with E-state index in [9.17, 15) is 4.79 Å². The first kappa shape index (κ1) is 20.5. The van der Waals surface area contributed by atoms with Gasteiger partial charge in [0.15, 0.2) is 6.61 Å². The Hall–Kier alpha value is -1.82. The molecule has 0 spiro atoms. The number of benzene rings is 1. The van der Waals surface area contributed by atoms with Gasteiger partial charge in [-0.1, -0.05) is 29.8 Å². The van der Waals surface area contributed by atoms with Crippen LogP contribution in [0.2, 0.25) is 5.02 Å². The van der Waals surface area contributed by atoms with Crippen molar-refractivity contribution in [2.45, 2.75) is 6.42 Å². The van der Waals surface area contributed by atoms with Gasteiger partial charge in [0.2, 0.25) is 0 Å². The molecule has 140 valence electrons. The first-order chi connectivity index (χ1) is 12.2. The quantitative estimate of drug-likeness (QED) is 0.754. The number of aromatic nitrogens is 1. The molecule has 0 atom stereocenters. The van der Waals surface area contributed by atoms with E-state index in [1.54, 1.807) is 12.1 Å². The molecule has 3 rings (SSSR count). The van der Waals surface area contributed by atoms with Crippen LogP contribution >= 0.6 is 24.0 Å². The van der Waals surface area contributed by atoms with Crippen LogP contribution in [-0.4, -0.2) is 60.0 Å². The zero-order valence-electron chi connectivity index (χ0n) is 14.5. The van der Waals surface area contributed by atoms with Crippen LogP contribution in [0.4, 0.5) is 0 Å². The van der Waals surface area contributed by atoms with Crippen molar-refractivity contribution < 1.29 is 9.53 Å². The summed E-state index contributed by atoms with van der Waals surface area (Å²) in [6.07, 6.45) is 2.76. The predicted octanol–water partition coefficient (Wildman–Crippen LogP) is 2.92. The lowest BCUT2D eigenvalue weighted by atomic mass is 10.2. The van der Waals surface area contributed by atoms with E-state index in [2.05, 4.69) is 9.88 Å². The molecule has 1 aromatic carbocycles. The fourth-order valence-corrected chi connectivity index (χ4v) is 3.02. The fourth-order valence-electron chi connectivity index (χ4n) is 2.83. The molecule has 1 aliphatic rings. The van der Waals surface area contributed by atoms with Gasteiger partial charge in [0, 0.05) is 51.0 Å². The Morgan fingerprint density at radius 3 is 2.50 bits per heavy atom. The number of para-hydroxylation sites is 1. The number of amides is 1. The molecule has 0 radical (unpaired) electrons. The van der Waals surface area contributed by atoms with Crippen LogP contribution < -0.4 is 4.74 Å². The molecule has 2 aromatic rings. The van der Waals surface area contributed by atoms with Gasteiger partial charge in [0.05, 0.1) is 5.02 Å². The highest BCUT2D eigenvalue weighted by Crippen LogP contribution is 2.23. The van der Waals surface area contributed by atoms with Gasteiger partial charge < -0.3 is 9.64 Å². The third-order valence-corrected chi connectivity index (χ3v) is 4.64. The molecule has 0 saturated carbocycles. The third kappa shape index (κ3) is 5.87. The monoisotopic (exact) mass is 395 g/mol. The smallest absolute Gasteiger partial charge is 0.260 e. The molecule has 0 bridgehead atoms. The van der Waals surface area contributed by atoms with E-state index in [-0.39, 0.29) is 24.9 Å². The molecule has 1 aliphatic heterocycles. The number of ether oxygens (including phenoxy) is 1.